The zero-order valence-corrected chi connectivity index (χ0v) is 11.2. The van der Waals surface area contributed by atoms with Crippen molar-refractivity contribution < 1.29 is 9.90 Å². The summed E-state index contributed by atoms with van der Waals surface area (Å²) in [5.74, 6) is -0.918. The highest BCUT2D eigenvalue weighted by Gasteiger charge is 2.18. The second-order valence-corrected chi connectivity index (χ2v) is 4.69. The van der Waals surface area contributed by atoms with Crippen molar-refractivity contribution in [3.8, 4) is 0 Å². The summed E-state index contributed by atoms with van der Waals surface area (Å²) in [7, 11) is 0. The predicted octanol–water partition coefficient (Wildman–Crippen LogP) is 3.66. The van der Waals surface area contributed by atoms with Gasteiger partial charge >= 0.3 is 5.97 Å². The van der Waals surface area contributed by atoms with Crippen molar-refractivity contribution in [3.63, 3.8) is 0 Å². The summed E-state index contributed by atoms with van der Waals surface area (Å²) in [6.07, 6.45) is 0.962. The Hall–Kier alpha value is -1.22. The Morgan fingerprint density at radius 1 is 1.47 bits per heavy atom. The van der Waals surface area contributed by atoms with Gasteiger partial charge < -0.3 is 10.0 Å². The first kappa shape index (κ1) is 13.8. The molecule has 1 N–H and O–H groups in total. The summed E-state index contributed by atoms with van der Waals surface area (Å²) in [6.45, 7) is 6.98. The Kier molecular flexibility index (Phi) is 4.82. The topological polar surface area (TPSA) is 40.5 Å². The first-order chi connectivity index (χ1) is 7.97. The van der Waals surface area contributed by atoms with Crippen molar-refractivity contribution in [1.82, 2.24) is 0 Å². The lowest BCUT2D eigenvalue weighted by Crippen LogP contribution is -2.32. The summed E-state index contributed by atoms with van der Waals surface area (Å²) in [5.41, 5.74) is 0.999. The molecule has 0 aliphatic heterocycles. The predicted molar refractivity (Wildman–Crippen MR) is 71.2 cm³/mol. The molecule has 1 aromatic rings. The largest absolute Gasteiger partial charge is 0.478 e. The number of carboxylic acids is 1. The Morgan fingerprint density at radius 2 is 2.12 bits per heavy atom. The maximum absolute atomic E-state index is 11.2. The molecule has 4 heteroatoms. The van der Waals surface area contributed by atoms with E-state index in [0.29, 0.717) is 16.3 Å². The van der Waals surface area contributed by atoms with Crippen molar-refractivity contribution >= 4 is 23.3 Å². The highest BCUT2D eigenvalue weighted by Crippen LogP contribution is 2.26. The minimum atomic E-state index is -0.918. The van der Waals surface area contributed by atoms with Crippen molar-refractivity contribution in [2.24, 2.45) is 0 Å². The maximum Gasteiger partial charge on any atom is 0.337 e. The van der Waals surface area contributed by atoms with E-state index in [-0.39, 0.29) is 6.04 Å². The number of carboxylic acid groups (broad SMARTS) is 1. The number of aromatic carboxylic acids is 1. The van der Waals surface area contributed by atoms with Gasteiger partial charge in [0.2, 0.25) is 0 Å². The Labute approximate surface area is 107 Å². The van der Waals surface area contributed by atoms with Crippen molar-refractivity contribution in [2.75, 3.05) is 11.4 Å². The van der Waals surface area contributed by atoms with E-state index in [9.17, 15) is 9.90 Å². The molecule has 0 amide bonds. The van der Waals surface area contributed by atoms with Gasteiger partial charge in [-0.3, -0.25) is 0 Å². The van der Waals surface area contributed by atoms with Crippen LogP contribution in [0.3, 0.4) is 0 Å². The number of carbonyl (C=O) groups is 1. The fourth-order valence-electron chi connectivity index (χ4n) is 1.82. The van der Waals surface area contributed by atoms with Crippen LogP contribution in [-0.2, 0) is 0 Å². The average Bonchev–Trinajstić information content (AvgIpc) is 2.24. The quantitative estimate of drug-likeness (QED) is 0.873. The molecule has 1 aromatic carbocycles. The third-order valence-corrected chi connectivity index (χ3v) is 2.82. The lowest BCUT2D eigenvalue weighted by Gasteiger charge is -2.30. The van der Waals surface area contributed by atoms with Crippen LogP contribution in [0, 0.1) is 0 Å². The van der Waals surface area contributed by atoms with Gasteiger partial charge in [-0.25, -0.2) is 4.79 Å². The van der Waals surface area contributed by atoms with E-state index in [1.807, 2.05) is 13.8 Å². The molecule has 0 atom stereocenters. The molecule has 0 unspecified atom stereocenters. The van der Waals surface area contributed by atoms with E-state index in [0.717, 1.165) is 13.0 Å². The number of anilines is 1. The number of rotatable bonds is 5. The molecule has 0 radical (unpaired) electrons. The molecule has 3 nitrogen and oxygen atoms in total. The molecule has 0 heterocycles. The number of halogens is 1. The molecule has 0 saturated heterocycles. The van der Waals surface area contributed by atoms with Gasteiger partial charge in [-0.15, -0.1) is 0 Å². The lowest BCUT2D eigenvalue weighted by atomic mass is 10.1. The van der Waals surface area contributed by atoms with Crippen LogP contribution in [0.25, 0.3) is 0 Å². The molecule has 0 saturated carbocycles. The molecule has 1 rings (SSSR count). The Morgan fingerprint density at radius 3 is 2.59 bits per heavy atom. The molecule has 17 heavy (non-hydrogen) atoms. The first-order valence-corrected chi connectivity index (χ1v) is 6.14. The molecule has 0 aliphatic rings. The van der Waals surface area contributed by atoms with E-state index in [4.69, 9.17) is 11.6 Å². The highest BCUT2D eigenvalue weighted by atomic mass is 35.5. The summed E-state index contributed by atoms with van der Waals surface area (Å²) in [5, 5.41) is 9.75. The van der Waals surface area contributed by atoms with Gasteiger partial charge in [0.1, 0.15) is 0 Å². The minimum Gasteiger partial charge on any atom is -0.478 e. The fourth-order valence-corrected chi connectivity index (χ4v) is 1.99. The van der Waals surface area contributed by atoms with E-state index in [2.05, 4.69) is 11.8 Å². The summed E-state index contributed by atoms with van der Waals surface area (Å²) >= 11 is 5.95. The molecule has 0 aromatic heterocycles. The SMILES string of the molecule is CCCN(c1cc(Cl)ccc1C(=O)O)C(C)C. The third kappa shape index (κ3) is 3.37. The third-order valence-electron chi connectivity index (χ3n) is 2.59. The van der Waals surface area contributed by atoms with Crippen LogP contribution in [0.2, 0.25) is 5.02 Å². The Balaban J connectivity index is 3.24. The maximum atomic E-state index is 11.2. The van der Waals surface area contributed by atoms with Gasteiger partial charge in [0.25, 0.3) is 0 Å². The van der Waals surface area contributed by atoms with Crippen LogP contribution < -0.4 is 4.90 Å². The van der Waals surface area contributed by atoms with Gasteiger partial charge in [0.05, 0.1) is 11.3 Å². The first-order valence-electron chi connectivity index (χ1n) is 5.76. The summed E-state index contributed by atoms with van der Waals surface area (Å²) < 4.78 is 0. The van der Waals surface area contributed by atoms with Crippen LogP contribution in [0.5, 0.6) is 0 Å². The van der Waals surface area contributed by atoms with Crippen LogP contribution in [-0.4, -0.2) is 23.7 Å². The standard InChI is InChI=1S/C13H18ClNO2/c1-4-7-15(9(2)3)12-8-10(14)5-6-11(12)13(16)17/h5-6,8-9H,4,7H2,1-3H3,(H,16,17). The molecular formula is C13H18ClNO2. The lowest BCUT2D eigenvalue weighted by molar-refractivity contribution is 0.0697. The monoisotopic (exact) mass is 255 g/mol. The zero-order chi connectivity index (χ0) is 13.0. The second kappa shape index (κ2) is 5.92. The highest BCUT2D eigenvalue weighted by molar-refractivity contribution is 6.31. The van der Waals surface area contributed by atoms with E-state index < -0.39 is 5.97 Å². The van der Waals surface area contributed by atoms with Crippen LogP contribution in [0.4, 0.5) is 5.69 Å². The van der Waals surface area contributed by atoms with Crippen LogP contribution in [0.1, 0.15) is 37.6 Å². The van der Waals surface area contributed by atoms with E-state index in [1.165, 1.54) is 0 Å². The van der Waals surface area contributed by atoms with Crippen molar-refractivity contribution in [3.05, 3.63) is 28.8 Å². The number of hydrogen-bond acceptors (Lipinski definition) is 2. The normalized spacial score (nSPS) is 10.6. The number of hydrogen-bond donors (Lipinski definition) is 1. The zero-order valence-electron chi connectivity index (χ0n) is 10.4. The van der Waals surface area contributed by atoms with Gasteiger partial charge in [0.15, 0.2) is 0 Å². The minimum absolute atomic E-state index is 0.242. The number of nitrogens with zero attached hydrogens (tertiary/aromatic N) is 1. The van der Waals surface area contributed by atoms with Crippen LogP contribution >= 0.6 is 11.6 Å². The number of benzene rings is 1. The molecular weight excluding hydrogens is 238 g/mol. The van der Waals surface area contributed by atoms with Crippen LogP contribution in [0.15, 0.2) is 18.2 Å². The Bertz CT molecular complexity index is 404. The second-order valence-electron chi connectivity index (χ2n) is 4.25. The van der Waals surface area contributed by atoms with Gasteiger partial charge in [-0.05, 0) is 38.5 Å². The van der Waals surface area contributed by atoms with Crippen molar-refractivity contribution in [2.45, 2.75) is 33.2 Å². The van der Waals surface area contributed by atoms with Crippen molar-refractivity contribution in [1.29, 1.82) is 0 Å². The molecule has 0 spiro atoms. The molecule has 0 fully saturated rings. The van der Waals surface area contributed by atoms with Gasteiger partial charge in [-0.1, -0.05) is 18.5 Å². The summed E-state index contributed by atoms with van der Waals surface area (Å²) in [4.78, 5) is 13.3. The van der Waals surface area contributed by atoms with Gasteiger partial charge in [-0.2, -0.15) is 0 Å². The molecule has 94 valence electrons. The fraction of sp³-hybridized carbons (Fsp3) is 0.462. The smallest absolute Gasteiger partial charge is 0.337 e. The molecule has 0 bridgehead atoms. The average molecular weight is 256 g/mol. The van der Waals surface area contributed by atoms with E-state index >= 15 is 0 Å². The van der Waals surface area contributed by atoms with E-state index in [1.54, 1.807) is 18.2 Å². The summed E-state index contributed by atoms with van der Waals surface area (Å²) in [6, 6.07) is 5.14. The van der Waals surface area contributed by atoms with Gasteiger partial charge in [0, 0.05) is 17.6 Å². The molecule has 0 aliphatic carbocycles.